The highest BCUT2D eigenvalue weighted by Crippen LogP contribution is 2.20. The van der Waals surface area contributed by atoms with E-state index in [9.17, 15) is 9.59 Å². The molecule has 1 aliphatic rings. The number of nitrogens with one attached hydrogen (secondary N) is 1. The first kappa shape index (κ1) is 17.1. The van der Waals surface area contributed by atoms with Gasteiger partial charge >= 0.3 is 0 Å². The van der Waals surface area contributed by atoms with Gasteiger partial charge in [0.2, 0.25) is 5.91 Å². The number of amides is 2. The molecule has 4 rings (SSSR count). The van der Waals surface area contributed by atoms with E-state index in [1.807, 2.05) is 12.1 Å². The quantitative estimate of drug-likeness (QED) is 0.751. The van der Waals surface area contributed by atoms with Crippen LogP contribution in [0.15, 0.2) is 42.6 Å². The number of aromatic nitrogens is 2. The monoisotopic (exact) mass is 377 g/mol. The van der Waals surface area contributed by atoms with Crippen molar-refractivity contribution < 1.29 is 9.59 Å². The summed E-state index contributed by atoms with van der Waals surface area (Å²) < 4.78 is 0. The minimum absolute atomic E-state index is 0.105. The maximum absolute atomic E-state index is 12.6. The number of nitriles is 1. The van der Waals surface area contributed by atoms with Gasteiger partial charge < -0.3 is 10.2 Å². The molecule has 0 radical (unpaired) electrons. The average molecular weight is 377 g/mol. The van der Waals surface area contributed by atoms with Crippen molar-refractivity contribution in [3.8, 4) is 6.07 Å². The number of carbonyl (C=O) groups excluding carboxylic acids is 2. The molecule has 2 amide bonds. The first-order valence-corrected chi connectivity index (χ1v) is 9.26. The maximum Gasteiger partial charge on any atom is 0.281 e. The van der Waals surface area contributed by atoms with Crippen molar-refractivity contribution in [3.05, 3.63) is 58.7 Å². The Kier molecular flexibility index (Phi) is 4.52. The van der Waals surface area contributed by atoms with Gasteiger partial charge in [-0.15, -0.1) is 0 Å². The molecule has 8 heteroatoms. The highest BCUT2D eigenvalue weighted by molar-refractivity contribution is 7.19. The normalized spacial score (nSPS) is 16.5. The highest BCUT2D eigenvalue weighted by Gasteiger charge is 2.33. The average Bonchev–Trinajstić information content (AvgIpc) is 3.27. The summed E-state index contributed by atoms with van der Waals surface area (Å²) in [5.74, 6) is -0.455. The van der Waals surface area contributed by atoms with Crippen LogP contribution in [0.25, 0.3) is 10.3 Å². The van der Waals surface area contributed by atoms with E-state index >= 15 is 0 Å². The molecule has 1 atom stereocenters. The SMILES string of the molecule is N#Cc1ccc(CN2CC[C@@H](NC(=O)c3nc4cccnc4s3)C2=O)cc1. The van der Waals surface area contributed by atoms with Crippen LogP contribution in [0, 0.1) is 11.3 Å². The van der Waals surface area contributed by atoms with Crippen molar-refractivity contribution in [2.24, 2.45) is 0 Å². The molecule has 3 aromatic rings. The number of hydrogen-bond acceptors (Lipinski definition) is 6. The van der Waals surface area contributed by atoms with Crippen molar-refractivity contribution in [1.82, 2.24) is 20.2 Å². The van der Waals surface area contributed by atoms with Crippen LogP contribution in [0.3, 0.4) is 0 Å². The summed E-state index contributed by atoms with van der Waals surface area (Å²) in [5, 5.41) is 11.9. The fraction of sp³-hybridized carbons (Fsp3) is 0.211. The van der Waals surface area contributed by atoms with Gasteiger partial charge in [0.1, 0.15) is 16.4 Å². The lowest BCUT2D eigenvalue weighted by molar-refractivity contribution is -0.129. The van der Waals surface area contributed by atoms with E-state index < -0.39 is 6.04 Å². The first-order valence-electron chi connectivity index (χ1n) is 8.44. The minimum atomic E-state index is -0.546. The minimum Gasteiger partial charge on any atom is -0.338 e. The molecule has 1 fully saturated rings. The second kappa shape index (κ2) is 7.13. The Balaban J connectivity index is 1.40. The molecule has 0 spiro atoms. The van der Waals surface area contributed by atoms with Gasteiger partial charge in [-0.05, 0) is 36.2 Å². The smallest absolute Gasteiger partial charge is 0.281 e. The zero-order valence-corrected chi connectivity index (χ0v) is 15.1. The molecule has 3 heterocycles. The molecule has 1 saturated heterocycles. The Morgan fingerprint density at radius 3 is 2.89 bits per heavy atom. The van der Waals surface area contributed by atoms with Crippen LogP contribution in [-0.2, 0) is 11.3 Å². The van der Waals surface area contributed by atoms with Crippen LogP contribution in [0.2, 0.25) is 0 Å². The van der Waals surface area contributed by atoms with E-state index in [1.54, 1.807) is 35.4 Å². The molecule has 134 valence electrons. The standard InChI is InChI=1S/C19H15N5O2S/c20-10-12-3-5-13(6-4-12)11-24-9-7-15(19(24)26)22-16(25)18-23-14-2-1-8-21-17(14)27-18/h1-6,8,15H,7,9,11H2,(H,22,25)/t15-/m1/s1. The summed E-state index contributed by atoms with van der Waals surface area (Å²) >= 11 is 1.21. The second-order valence-corrected chi connectivity index (χ2v) is 7.21. The summed E-state index contributed by atoms with van der Waals surface area (Å²) in [7, 11) is 0. The van der Waals surface area contributed by atoms with E-state index in [1.165, 1.54) is 11.3 Å². The van der Waals surface area contributed by atoms with E-state index in [-0.39, 0.29) is 11.8 Å². The second-order valence-electron chi connectivity index (χ2n) is 6.23. The molecule has 27 heavy (non-hydrogen) atoms. The van der Waals surface area contributed by atoms with Gasteiger partial charge in [0, 0.05) is 19.3 Å². The largest absolute Gasteiger partial charge is 0.338 e. The van der Waals surface area contributed by atoms with Crippen LogP contribution in [0.4, 0.5) is 0 Å². The first-order chi connectivity index (χ1) is 13.1. The van der Waals surface area contributed by atoms with Crippen LogP contribution in [0.1, 0.15) is 27.3 Å². The number of hydrogen-bond donors (Lipinski definition) is 1. The molecule has 0 unspecified atom stereocenters. The van der Waals surface area contributed by atoms with Crippen molar-refractivity contribution in [2.75, 3.05) is 6.54 Å². The fourth-order valence-electron chi connectivity index (χ4n) is 3.02. The Labute approximate surface area is 159 Å². The van der Waals surface area contributed by atoms with Crippen molar-refractivity contribution >= 4 is 33.5 Å². The van der Waals surface area contributed by atoms with Gasteiger partial charge in [0.25, 0.3) is 5.91 Å². The van der Waals surface area contributed by atoms with Gasteiger partial charge in [0.05, 0.1) is 11.6 Å². The van der Waals surface area contributed by atoms with Crippen LogP contribution < -0.4 is 5.32 Å². The van der Waals surface area contributed by atoms with Crippen LogP contribution >= 0.6 is 11.3 Å². The Bertz CT molecular complexity index is 1020. The summed E-state index contributed by atoms with van der Waals surface area (Å²) in [6.07, 6.45) is 2.22. The van der Waals surface area contributed by atoms with Crippen molar-refractivity contribution in [1.29, 1.82) is 5.26 Å². The van der Waals surface area contributed by atoms with E-state index in [0.717, 1.165) is 5.56 Å². The third-order valence-electron chi connectivity index (χ3n) is 4.42. The van der Waals surface area contributed by atoms with E-state index in [2.05, 4.69) is 21.4 Å². The summed E-state index contributed by atoms with van der Waals surface area (Å²) in [4.78, 5) is 35.9. The zero-order valence-electron chi connectivity index (χ0n) is 14.3. The lowest BCUT2D eigenvalue weighted by Gasteiger charge is -2.17. The molecular weight excluding hydrogens is 362 g/mol. The summed E-state index contributed by atoms with van der Waals surface area (Å²) in [6, 6.07) is 12.2. The van der Waals surface area contributed by atoms with E-state index in [4.69, 9.17) is 5.26 Å². The predicted molar refractivity (Wildman–Crippen MR) is 99.9 cm³/mol. The summed E-state index contributed by atoms with van der Waals surface area (Å²) in [6.45, 7) is 1.03. The van der Waals surface area contributed by atoms with E-state index in [0.29, 0.717) is 40.4 Å². The topological polar surface area (TPSA) is 99.0 Å². The molecule has 1 aromatic carbocycles. The Hall–Kier alpha value is -3.31. The number of rotatable bonds is 4. The highest BCUT2D eigenvalue weighted by atomic mass is 32.1. The van der Waals surface area contributed by atoms with Crippen LogP contribution in [0.5, 0.6) is 0 Å². The molecule has 1 aliphatic heterocycles. The number of benzene rings is 1. The fourth-order valence-corrected chi connectivity index (χ4v) is 3.83. The van der Waals surface area contributed by atoms with Gasteiger partial charge in [-0.3, -0.25) is 9.59 Å². The number of fused-ring (bicyclic) bond motifs is 1. The number of pyridine rings is 1. The molecule has 2 aromatic heterocycles. The maximum atomic E-state index is 12.6. The van der Waals surface area contributed by atoms with Gasteiger partial charge in [-0.25, -0.2) is 9.97 Å². The molecule has 7 nitrogen and oxygen atoms in total. The van der Waals surface area contributed by atoms with Crippen LogP contribution in [-0.4, -0.2) is 39.3 Å². The van der Waals surface area contributed by atoms with Crippen molar-refractivity contribution in [3.63, 3.8) is 0 Å². The Morgan fingerprint density at radius 1 is 1.33 bits per heavy atom. The number of thiazole rings is 1. The molecule has 1 N–H and O–H groups in total. The molecular formula is C19H15N5O2S. The number of carbonyl (C=O) groups is 2. The van der Waals surface area contributed by atoms with Gasteiger partial charge in [0.15, 0.2) is 5.01 Å². The lowest BCUT2D eigenvalue weighted by atomic mass is 10.1. The third-order valence-corrected chi connectivity index (χ3v) is 5.40. The summed E-state index contributed by atoms with van der Waals surface area (Å²) in [5.41, 5.74) is 2.21. The lowest BCUT2D eigenvalue weighted by Crippen LogP contribution is -2.41. The zero-order chi connectivity index (χ0) is 18.8. The molecule has 0 aliphatic carbocycles. The Morgan fingerprint density at radius 2 is 2.15 bits per heavy atom. The third kappa shape index (κ3) is 3.50. The number of likely N-dealkylation sites (tertiary alicyclic amines) is 1. The van der Waals surface area contributed by atoms with Gasteiger partial charge in [-0.2, -0.15) is 5.26 Å². The van der Waals surface area contributed by atoms with Gasteiger partial charge in [-0.1, -0.05) is 23.5 Å². The number of nitrogens with zero attached hydrogens (tertiary/aromatic N) is 4. The predicted octanol–water partition coefficient (Wildman–Crippen LogP) is 2.09. The van der Waals surface area contributed by atoms with Crippen molar-refractivity contribution in [2.45, 2.75) is 19.0 Å². The molecule has 0 saturated carbocycles. The molecule has 0 bridgehead atoms.